The Labute approximate surface area is 105 Å². The van der Waals surface area contributed by atoms with E-state index in [4.69, 9.17) is 5.11 Å². The molecule has 0 saturated heterocycles. The minimum Gasteiger partial charge on any atom is -0.395 e. The van der Waals surface area contributed by atoms with Gasteiger partial charge in [-0.25, -0.2) is 0 Å². The highest BCUT2D eigenvalue weighted by Crippen LogP contribution is 2.12. The Bertz CT molecular complexity index is 286. The second-order valence-electron chi connectivity index (χ2n) is 4.07. The molecule has 0 aliphatic rings. The molecular formula is C14H24N2O. The number of rotatable bonds is 8. The monoisotopic (exact) mass is 236 g/mol. The van der Waals surface area contributed by atoms with Gasteiger partial charge in [0.2, 0.25) is 0 Å². The summed E-state index contributed by atoms with van der Waals surface area (Å²) in [6.45, 7) is 9.44. The number of anilines is 1. The Morgan fingerprint density at radius 1 is 0.941 bits per heavy atom. The van der Waals surface area contributed by atoms with E-state index in [0.717, 1.165) is 26.2 Å². The molecular weight excluding hydrogens is 212 g/mol. The Balaban J connectivity index is 2.55. The Hall–Kier alpha value is -1.06. The standard InChI is InChI=1S/C14H24N2O/c1-3-15(4-2)10-11-16(12-13-17)14-8-6-5-7-9-14/h5-9,17H,3-4,10-13H2,1-2H3. The van der Waals surface area contributed by atoms with Crippen LogP contribution in [0.15, 0.2) is 30.3 Å². The van der Waals surface area contributed by atoms with Crippen molar-refractivity contribution in [2.45, 2.75) is 13.8 Å². The average molecular weight is 236 g/mol. The number of nitrogens with zero attached hydrogens (tertiary/aromatic N) is 2. The van der Waals surface area contributed by atoms with Crippen molar-refractivity contribution in [2.24, 2.45) is 0 Å². The van der Waals surface area contributed by atoms with Crippen LogP contribution in [-0.4, -0.2) is 49.3 Å². The first-order valence-electron chi connectivity index (χ1n) is 6.45. The van der Waals surface area contributed by atoms with Crippen LogP contribution in [0.4, 0.5) is 5.69 Å². The molecule has 0 amide bonds. The summed E-state index contributed by atoms with van der Waals surface area (Å²) in [4.78, 5) is 4.63. The summed E-state index contributed by atoms with van der Waals surface area (Å²) in [6, 6.07) is 10.3. The van der Waals surface area contributed by atoms with E-state index in [9.17, 15) is 0 Å². The molecule has 0 atom stereocenters. The maximum absolute atomic E-state index is 9.12. The van der Waals surface area contributed by atoms with E-state index in [1.54, 1.807) is 0 Å². The van der Waals surface area contributed by atoms with Crippen LogP contribution in [0, 0.1) is 0 Å². The van der Waals surface area contributed by atoms with Crippen LogP contribution in [0.25, 0.3) is 0 Å². The van der Waals surface area contributed by atoms with Gasteiger partial charge in [-0.05, 0) is 25.2 Å². The molecule has 3 heteroatoms. The van der Waals surface area contributed by atoms with Gasteiger partial charge in [0, 0.05) is 25.3 Å². The van der Waals surface area contributed by atoms with Crippen molar-refractivity contribution >= 4 is 5.69 Å². The first-order chi connectivity index (χ1) is 8.31. The van der Waals surface area contributed by atoms with Gasteiger partial charge in [-0.2, -0.15) is 0 Å². The molecule has 17 heavy (non-hydrogen) atoms. The van der Waals surface area contributed by atoms with E-state index in [1.165, 1.54) is 5.69 Å². The zero-order valence-corrected chi connectivity index (χ0v) is 11.0. The second kappa shape index (κ2) is 8.09. The quantitative estimate of drug-likeness (QED) is 0.746. The molecule has 0 aliphatic heterocycles. The van der Waals surface area contributed by atoms with Crippen LogP contribution in [0.5, 0.6) is 0 Å². The predicted octanol–water partition coefficient (Wildman–Crippen LogP) is 1.83. The molecule has 1 rings (SSSR count). The van der Waals surface area contributed by atoms with Crippen LogP contribution >= 0.6 is 0 Å². The Kier molecular flexibility index (Phi) is 6.67. The first kappa shape index (κ1) is 14.0. The van der Waals surface area contributed by atoms with Gasteiger partial charge in [0.05, 0.1) is 6.61 Å². The Morgan fingerprint density at radius 2 is 1.59 bits per heavy atom. The summed E-state index contributed by atoms with van der Waals surface area (Å²) in [7, 11) is 0. The van der Waals surface area contributed by atoms with Crippen LogP contribution < -0.4 is 4.90 Å². The smallest absolute Gasteiger partial charge is 0.0606 e. The fraction of sp³-hybridized carbons (Fsp3) is 0.571. The third-order valence-electron chi connectivity index (χ3n) is 3.07. The molecule has 0 saturated carbocycles. The van der Waals surface area contributed by atoms with Gasteiger partial charge in [0.15, 0.2) is 0 Å². The topological polar surface area (TPSA) is 26.7 Å². The van der Waals surface area contributed by atoms with Gasteiger partial charge in [0.1, 0.15) is 0 Å². The molecule has 0 fully saturated rings. The molecule has 0 spiro atoms. The number of para-hydroxylation sites is 1. The predicted molar refractivity (Wildman–Crippen MR) is 73.5 cm³/mol. The van der Waals surface area contributed by atoms with E-state index >= 15 is 0 Å². The third-order valence-corrected chi connectivity index (χ3v) is 3.07. The molecule has 0 radical (unpaired) electrons. The van der Waals surface area contributed by atoms with Gasteiger partial charge >= 0.3 is 0 Å². The maximum atomic E-state index is 9.12. The van der Waals surface area contributed by atoms with Crippen molar-refractivity contribution in [1.82, 2.24) is 4.90 Å². The number of benzene rings is 1. The van der Waals surface area contributed by atoms with E-state index in [-0.39, 0.29) is 6.61 Å². The summed E-state index contributed by atoms with van der Waals surface area (Å²) in [5.41, 5.74) is 1.19. The molecule has 0 unspecified atom stereocenters. The minimum atomic E-state index is 0.202. The zero-order chi connectivity index (χ0) is 12.5. The van der Waals surface area contributed by atoms with E-state index in [0.29, 0.717) is 6.54 Å². The highest BCUT2D eigenvalue weighted by molar-refractivity contribution is 5.45. The lowest BCUT2D eigenvalue weighted by molar-refractivity contribution is 0.287. The van der Waals surface area contributed by atoms with E-state index in [1.807, 2.05) is 18.2 Å². The molecule has 1 aromatic carbocycles. The summed E-state index contributed by atoms with van der Waals surface area (Å²) >= 11 is 0. The van der Waals surface area contributed by atoms with Gasteiger partial charge in [-0.15, -0.1) is 0 Å². The second-order valence-corrected chi connectivity index (χ2v) is 4.07. The van der Waals surface area contributed by atoms with E-state index < -0.39 is 0 Å². The van der Waals surface area contributed by atoms with Gasteiger partial charge in [-0.3, -0.25) is 0 Å². The number of aliphatic hydroxyl groups is 1. The maximum Gasteiger partial charge on any atom is 0.0606 e. The molecule has 96 valence electrons. The van der Waals surface area contributed by atoms with Gasteiger partial charge in [-0.1, -0.05) is 32.0 Å². The summed E-state index contributed by atoms with van der Waals surface area (Å²) in [5.74, 6) is 0. The van der Waals surface area contributed by atoms with Crippen molar-refractivity contribution in [3.8, 4) is 0 Å². The number of hydrogen-bond acceptors (Lipinski definition) is 3. The van der Waals surface area contributed by atoms with Crippen molar-refractivity contribution in [3.05, 3.63) is 30.3 Å². The lowest BCUT2D eigenvalue weighted by Gasteiger charge is -2.27. The van der Waals surface area contributed by atoms with Gasteiger partial charge < -0.3 is 14.9 Å². The average Bonchev–Trinajstić information content (AvgIpc) is 2.39. The number of hydrogen-bond donors (Lipinski definition) is 1. The molecule has 0 bridgehead atoms. The van der Waals surface area contributed by atoms with Crippen molar-refractivity contribution in [2.75, 3.05) is 44.2 Å². The van der Waals surface area contributed by atoms with Crippen molar-refractivity contribution in [1.29, 1.82) is 0 Å². The molecule has 0 aliphatic carbocycles. The zero-order valence-electron chi connectivity index (χ0n) is 11.0. The molecule has 1 N–H and O–H groups in total. The highest BCUT2D eigenvalue weighted by atomic mass is 16.3. The lowest BCUT2D eigenvalue weighted by atomic mass is 10.3. The fourth-order valence-corrected chi connectivity index (χ4v) is 1.93. The summed E-state index contributed by atoms with van der Waals surface area (Å²) < 4.78 is 0. The van der Waals surface area contributed by atoms with E-state index in [2.05, 4.69) is 35.8 Å². The molecule has 3 nitrogen and oxygen atoms in total. The lowest BCUT2D eigenvalue weighted by Crippen LogP contribution is -2.36. The molecule has 1 aromatic rings. The summed E-state index contributed by atoms with van der Waals surface area (Å²) in [6.07, 6.45) is 0. The fourth-order valence-electron chi connectivity index (χ4n) is 1.93. The van der Waals surface area contributed by atoms with Gasteiger partial charge in [0.25, 0.3) is 0 Å². The SMILES string of the molecule is CCN(CC)CCN(CCO)c1ccccc1. The van der Waals surface area contributed by atoms with Crippen LogP contribution in [0.2, 0.25) is 0 Å². The van der Waals surface area contributed by atoms with Crippen molar-refractivity contribution in [3.63, 3.8) is 0 Å². The number of aliphatic hydroxyl groups excluding tert-OH is 1. The first-order valence-corrected chi connectivity index (χ1v) is 6.45. The molecule has 0 aromatic heterocycles. The molecule has 0 heterocycles. The highest BCUT2D eigenvalue weighted by Gasteiger charge is 2.07. The third kappa shape index (κ3) is 4.75. The van der Waals surface area contributed by atoms with Crippen molar-refractivity contribution < 1.29 is 5.11 Å². The Morgan fingerprint density at radius 3 is 2.12 bits per heavy atom. The summed E-state index contributed by atoms with van der Waals surface area (Å²) in [5, 5.41) is 9.12. The van der Waals surface area contributed by atoms with Crippen LogP contribution in [0.3, 0.4) is 0 Å². The normalized spacial score (nSPS) is 10.8. The van der Waals surface area contributed by atoms with Crippen LogP contribution in [0.1, 0.15) is 13.8 Å². The van der Waals surface area contributed by atoms with Crippen LogP contribution in [-0.2, 0) is 0 Å². The largest absolute Gasteiger partial charge is 0.395 e. The number of likely N-dealkylation sites (N-methyl/N-ethyl adjacent to an activating group) is 1. The minimum absolute atomic E-state index is 0.202.